The number of anilines is 2. The van der Waals surface area contributed by atoms with Gasteiger partial charge in [-0.25, -0.2) is 13.2 Å². The van der Waals surface area contributed by atoms with E-state index in [-0.39, 0.29) is 10.8 Å². The molecule has 3 amide bonds. The summed E-state index contributed by atoms with van der Waals surface area (Å²) < 4.78 is 24.2. The van der Waals surface area contributed by atoms with Crippen LogP contribution in [-0.2, 0) is 14.6 Å². The fourth-order valence-corrected chi connectivity index (χ4v) is 4.81. The Morgan fingerprint density at radius 1 is 0.914 bits per heavy atom. The van der Waals surface area contributed by atoms with Gasteiger partial charge in [0.25, 0.3) is 0 Å². The van der Waals surface area contributed by atoms with Crippen LogP contribution >= 0.6 is 11.6 Å². The van der Waals surface area contributed by atoms with Crippen LogP contribution in [-0.4, -0.2) is 32.7 Å². The van der Waals surface area contributed by atoms with Gasteiger partial charge in [-0.05, 0) is 60.4 Å². The largest absolute Gasteiger partial charge is 0.326 e. The molecule has 1 saturated carbocycles. The zero-order valence-electron chi connectivity index (χ0n) is 19.1. The second-order valence-electron chi connectivity index (χ2n) is 8.67. The van der Waals surface area contributed by atoms with Crippen LogP contribution in [0, 0.1) is 5.92 Å². The molecular weight excluding hydrogens is 486 g/mol. The van der Waals surface area contributed by atoms with E-state index in [4.69, 9.17) is 11.6 Å². The maximum atomic E-state index is 13.0. The highest BCUT2D eigenvalue weighted by molar-refractivity contribution is 7.90. The Kier molecular flexibility index (Phi) is 7.42. The predicted molar refractivity (Wildman–Crippen MR) is 138 cm³/mol. The molecule has 1 unspecified atom stereocenters. The molecule has 0 spiro atoms. The molecule has 0 saturated heterocycles. The number of carbonyl (C=O) groups is 2. The van der Waals surface area contributed by atoms with Crippen molar-refractivity contribution in [3.8, 4) is 11.1 Å². The molecular formula is C26H26ClN3O4S. The highest BCUT2D eigenvalue weighted by Crippen LogP contribution is 2.34. The summed E-state index contributed by atoms with van der Waals surface area (Å²) in [4.78, 5) is 25.7. The van der Waals surface area contributed by atoms with Crippen molar-refractivity contribution in [3.05, 3.63) is 77.8 Å². The second kappa shape index (κ2) is 10.5. The van der Waals surface area contributed by atoms with E-state index in [1.807, 2.05) is 0 Å². The smallest absolute Gasteiger partial charge is 0.319 e. The van der Waals surface area contributed by atoms with E-state index in [1.165, 1.54) is 6.26 Å². The molecule has 0 aliphatic heterocycles. The zero-order chi connectivity index (χ0) is 25.0. The SMILES string of the molecule is CS(=O)(=O)c1ccccc1-c1ccc(NC(=O)C(CC2CC2)NC(=O)Nc2ccc(Cl)cc2)cc1. The van der Waals surface area contributed by atoms with Gasteiger partial charge >= 0.3 is 6.03 Å². The molecule has 3 aromatic rings. The average molecular weight is 512 g/mol. The van der Waals surface area contributed by atoms with Crippen LogP contribution in [0.3, 0.4) is 0 Å². The van der Waals surface area contributed by atoms with Crippen molar-refractivity contribution in [1.82, 2.24) is 5.32 Å². The quantitative estimate of drug-likeness (QED) is 0.379. The van der Waals surface area contributed by atoms with Crippen LogP contribution < -0.4 is 16.0 Å². The van der Waals surface area contributed by atoms with E-state index in [2.05, 4.69) is 16.0 Å². The first-order valence-corrected chi connectivity index (χ1v) is 13.5. The summed E-state index contributed by atoms with van der Waals surface area (Å²) in [5.74, 6) is 0.101. The number of hydrogen-bond acceptors (Lipinski definition) is 4. The number of sulfone groups is 1. The highest BCUT2D eigenvalue weighted by atomic mass is 35.5. The highest BCUT2D eigenvalue weighted by Gasteiger charge is 2.30. The van der Waals surface area contributed by atoms with Crippen LogP contribution in [0.4, 0.5) is 16.2 Å². The van der Waals surface area contributed by atoms with E-state index < -0.39 is 21.9 Å². The normalized spacial score (nSPS) is 14.1. The number of halogens is 1. The lowest BCUT2D eigenvalue weighted by Gasteiger charge is -2.19. The number of carbonyl (C=O) groups excluding carboxylic acids is 2. The number of benzene rings is 3. The van der Waals surface area contributed by atoms with E-state index in [0.717, 1.165) is 18.4 Å². The predicted octanol–water partition coefficient (Wildman–Crippen LogP) is 5.34. The first-order chi connectivity index (χ1) is 16.7. The van der Waals surface area contributed by atoms with E-state index in [0.29, 0.717) is 34.3 Å². The van der Waals surface area contributed by atoms with E-state index >= 15 is 0 Å². The third-order valence-electron chi connectivity index (χ3n) is 5.74. The van der Waals surface area contributed by atoms with Crippen molar-refractivity contribution in [2.75, 3.05) is 16.9 Å². The average Bonchev–Trinajstić information content (AvgIpc) is 3.64. The summed E-state index contributed by atoms with van der Waals surface area (Å²) in [6.45, 7) is 0. The molecule has 3 N–H and O–H groups in total. The van der Waals surface area contributed by atoms with Gasteiger partial charge in [-0.3, -0.25) is 4.79 Å². The maximum absolute atomic E-state index is 13.0. The molecule has 7 nitrogen and oxygen atoms in total. The van der Waals surface area contributed by atoms with E-state index in [9.17, 15) is 18.0 Å². The number of rotatable bonds is 8. The van der Waals surface area contributed by atoms with Crippen LogP contribution in [0.25, 0.3) is 11.1 Å². The molecule has 0 radical (unpaired) electrons. The number of nitrogens with one attached hydrogen (secondary N) is 3. The Bertz CT molecular complexity index is 1320. The summed E-state index contributed by atoms with van der Waals surface area (Å²) in [5.41, 5.74) is 2.44. The van der Waals surface area contributed by atoms with Crippen molar-refractivity contribution in [2.45, 2.75) is 30.2 Å². The Morgan fingerprint density at radius 3 is 2.14 bits per heavy atom. The van der Waals surface area contributed by atoms with Gasteiger partial charge in [-0.15, -0.1) is 0 Å². The molecule has 182 valence electrons. The Hall–Kier alpha value is -3.36. The Labute approximate surface area is 209 Å². The summed E-state index contributed by atoms with van der Waals surface area (Å²) in [5, 5.41) is 8.91. The lowest BCUT2D eigenvalue weighted by molar-refractivity contribution is -0.118. The van der Waals surface area contributed by atoms with Crippen LogP contribution in [0.5, 0.6) is 0 Å². The van der Waals surface area contributed by atoms with Gasteiger partial charge < -0.3 is 16.0 Å². The summed E-state index contributed by atoms with van der Waals surface area (Å²) in [6.07, 6.45) is 3.81. The maximum Gasteiger partial charge on any atom is 0.319 e. The fourth-order valence-electron chi connectivity index (χ4n) is 3.77. The summed E-state index contributed by atoms with van der Waals surface area (Å²) >= 11 is 5.88. The van der Waals surface area contributed by atoms with Crippen LogP contribution in [0.1, 0.15) is 19.3 Å². The van der Waals surface area contributed by atoms with Gasteiger partial charge in [0.2, 0.25) is 5.91 Å². The first kappa shape index (κ1) is 24.8. The second-order valence-corrected chi connectivity index (χ2v) is 11.1. The molecule has 4 rings (SSSR count). The summed E-state index contributed by atoms with van der Waals surface area (Å²) in [6, 6.07) is 19.3. The monoisotopic (exact) mass is 511 g/mol. The van der Waals surface area contributed by atoms with Gasteiger partial charge in [0.15, 0.2) is 9.84 Å². The minimum Gasteiger partial charge on any atom is -0.326 e. The minimum atomic E-state index is -3.39. The number of hydrogen-bond donors (Lipinski definition) is 3. The molecule has 1 aliphatic rings. The fraction of sp³-hybridized carbons (Fsp3) is 0.231. The number of amides is 3. The van der Waals surface area contributed by atoms with Crippen molar-refractivity contribution >= 4 is 44.8 Å². The first-order valence-electron chi connectivity index (χ1n) is 11.2. The van der Waals surface area contributed by atoms with E-state index in [1.54, 1.807) is 72.8 Å². The molecule has 1 atom stereocenters. The molecule has 9 heteroatoms. The molecule has 35 heavy (non-hydrogen) atoms. The molecule has 1 fully saturated rings. The molecule has 0 aromatic heterocycles. The zero-order valence-corrected chi connectivity index (χ0v) is 20.7. The van der Waals surface area contributed by atoms with Gasteiger partial charge in [0.05, 0.1) is 4.90 Å². The lowest BCUT2D eigenvalue weighted by Crippen LogP contribution is -2.45. The molecule has 0 bridgehead atoms. The van der Waals surface area contributed by atoms with Crippen LogP contribution in [0.2, 0.25) is 5.02 Å². The molecule has 1 aliphatic carbocycles. The van der Waals surface area contributed by atoms with Gasteiger partial charge in [-0.2, -0.15) is 0 Å². The Morgan fingerprint density at radius 2 is 1.51 bits per heavy atom. The lowest BCUT2D eigenvalue weighted by atomic mass is 10.1. The number of urea groups is 1. The third-order valence-corrected chi connectivity index (χ3v) is 7.15. The van der Waals surface area contributed by atoms with Gasteiger partial charge in [-0.1, -0.05) is 54.8 Å². The molecule has 0 heterocycles. The van der Waals surface area contributed by atoms with Crippen molar-refractivity contribution in [1.29, 1.82) is 0 Å². The Balaban J connectivity index is 1.43. The van der Waals surface area contributed by atoms with Crippen molar-refractivity contribution in [3.63, 3.8) is 0 Å². The van der Waals surface area contributed by atoms with Crippen molar-refractivity contribution < 1.29 is 18.0 Å². The minimum absolute atomic E-state index is 0.247. The van der Waals surface area contributed by atoms with Crippen molar-refractivity contribution in [2.24, 2.45) is 5.92 Å². The summed E-state index contributed by atoms with van der Waals surface area (Å²) in [7, 11) is -3.39. The van der Waals surface area contributed by atoms with Gasteiger partial charge in [0.1, 0.15) is 6.04 Å². The third kappa shape index (κ3) is 6.83. The van der Waals surface area contributed by atoms with Gasteiger partial charge in [0, 0.05) is 28.2 Å². The molecule has 3 aromatic carbocycles. The standard InChI is InChI=1S/C26H26ClN3O4S/c1-35(33,34)24-5-3-2-4-22(24)18-8-12-20(13-9-18)28-25(31)23(16-17-6-7-17)30-26(32)29-21-14-10-19(27)11-15-21/h2-5,8-15,17,23H,6-7,16H2,1H3,(H,28,31)(H2,29,30,32). The topological polar surface area (TPSA) is 104 Å². The van der Waals surface area contributed by atoms with Crippen LogP contribution in [0.15, 0.2) is 77.7 Å².